The number of ether oxygens (including phenoxy) is 1. The van der Waals surface area contributed by atoms with Crippen LogP contribution in [-0.2, 0) is 9.59 Å². The first-order chi connectivity index (χ1) is 14.7. The zero-order valence-electron chi connectivity index (χ0n) is 19.0. The number of piperidine rings is 1. The van der Waals surface area contributed by atoms with Crippen molar-refractivity contribution in [3.8, 4) is 5.75 Å². The van der Waals surface area contributed by atoms with Gasteiger partial charge in [-0.1, -0.05) is 6.07 Å². The number of amides is 3. The Hall–Kier alpha value is -2.57. The van der Waals surface area contributed by atoms with E-state index in [0.29, 0.717) is 37.5 Å². The van der Waals surface area contributed by atoms with Gasteiger partial charge in [-0.05, 0) is 55.2 Å². The molecule has 168 valence electrons. The maximum absolute atomic E-state index is 13.3. The number of hydrogen-bond acceptors (Lipinski definition) is 4. The first kappa shape index (κ1) is 21.7. The van der Waals surface area contributed by atoms with Crippen molar-refractivity contribution in [1.82, 2.24) is 14.7 Å². The summed E-state index contributed by atoms with van der Waals surface area (Å²) in [5.74, 6) is 1.05. The predicted octanol–water partition coefficient (Wildman–Crippen LogP) is 2.26. The SMILES string of the molecule is COc1cccc(C(=O)N2CCC3(CC2)CC[C@@]2(C(=O)N(C)C)CN(C(C)=O)C[C@@H]32)c1. The number of benzene rings is 1. The van der Waals surface area contributed by atoms with Crippen LogP contribution in [0.25, 0.3) is 0 Å². The molecule has 3 fully saturated rings. The molecular weight excluding hydrogens is 394 g/mol. The molecule has 4 rings (SSSR count). The lowest BCUT2D eigenvalue weighted by molar-refractivity contribution is -0.141. The molecule has 0 unspecified atom stereocenters. The summed E-state index contributed by atoms with van der Waals surface area (Å²) in [5, 5.41) is 0. The number of carbonyl (C=O) groups is 3. The van der Waals surface area contributed by atoms with E-state index in [4.69, 9.17) is 4.74 Å². The molecule has 1 aromatic carbocycles. The normalized spacial score (nSPS) is 26.6. The fourth-order valence-corrected chi connectivity index (χ4v) is 6.29. The van der Waals surface area contributed by atoms with E-state index < -0.39 is 5.41 Å². The van der Waals surface area contributed by atoms with Gasteiger partial charge in [-0.15, -0.1) is 0 Å². The quantitative estimate of drug-likeness (QED) is 0.742. The summed E-state index contributed by atoms with van der Waals surface area (Å²) in [7, 11) is 5.22. The molecule has 1 spiro atoms. The monoisotopic (exact) mass is 427 g/mol. The fourth-order valence-electron chi connectivity index (χ4n) is 6.29. The van der Waals surface area contributed by atoms with Crippen LogP contribution in [0.5, 0.6) is 5.75 Å². The Morgan fingerprint density at radius 1 is 1.06 bits per heavy atom. The highest BCUT2D eigenvalue weighted by atomic mass is 16.5. The molecule has 0 bridgehead atoms. The zero-order valence-corrected chi connectivity index (χ0v) is 19.0. The summed E-state index contributed by atoms with van der Waals surface area (Å²) in [6.07, 6.45) is 3.57. The first-order valence-corrected chi connectivity index (χ1v) is 11.1. The third-order valence-electron chi connectivity index (χ3n) is 7.99. The minimum atomic E-state index is -0.478. The van der Waals surface area contributed by atoms with E-state index in [-0.39, 0.29) is 29.1 Å². The standard InChI is InChI=1S/C24H33N3O4/c1-17(28)27-15-20-23(8-9-24(20,16-27)22(30)25(2)3)10-12-26(13-11-23)21(29)18-6-5-7-19(14-18)31-4/h5-7,14,20H,8-13,15-16H2,1-4H3/t20-,24+/m0/s1. The van der Waals surface area contributed by atoms with Crippen LogP contribution in [0.3, 0.4) is 0 Å². The highest BCUT2D eigenvalue weighted by Gasteiger charge is 2.65. The number of fused-ring (bicyclic) bond motifs is 2. The van der Waals surface area contributed by atoms with Crippen molar-refractivity contribution in [2.45, 2.75) is 32.6 Å². The molecule has 0 radical (unpaired) electrons. The summed E-state index contributed by atoms with van der Waals surface area (Å²) in [5.41, 5.74) is 0.178. The van der Waals surface area contributed by atoms with Crippen LogP contribution in [0.2, 0.25) is 0 Å². The summed E-state index contributed by atoms with van der Waals surface area (Å²) in [6.45, 7) is 4.13. The number of nitrogens with zero attached hydrogens (tertiary/aromatic N) is 3. The highest BCUT2D eigenvalue weighted by molar-refractivity contribution is 5.94. The highest BCUT2D eigenvalue weighted by Crippen LogP contribution is 2.62. The molecule has 2 heterocycles. The van der Waals surface area contributed by atoms with Crippen molar-refractivity contribution < 1.29 is 19.1 Å². The van der Waals surface area contributed by atoms with Gasteiger partial charge in [0.15, 0.2) is 0 Å². The van der Waals surface area contributed by atoms with Crippen LogP contribution >= 0.6 is 0 Å². The zero-order chi connectivity index (χ0) is 22.4. The molecule has 2 saturated heterocycles. The minimum absolute atomic E-state index is 0.0149. The minimum Gasteiger partial charge on any atom is -0.497 e. The Labute approximate surface area is 184 Å². The van der Waals surface area contributed by atoms with Crippen molar-refractivity contribution in [2.75, 3.05) is 47.4 Å². The summed E-state index contributed by atoms with van der Waals surface area (Å²) in [4.78, 5) is 44.0. The number of likely N-dealkylation sites (tertiary alicyclic amines) is 2. The molecule has 31 heavy (non-hydrogen) atoms. The number of carbonyl (C=O) groups excluding carboxylic acids is 3. The lowest BCUT2D eigenvalue weighted by Crippen LogP contribution is -2.49. The van der Waals surface area contributed by atoms with Gasteiger partial charge >= 0.3 is 0 Å². The maximum Gasteiger partial charge on any atom is 0.253 e. The van der Waals surface area contributed by atoms with E-state index in [0.717, 1.165) is 25.7 Å². The van der Waals surface area contributed by atoms with Gasteiger partial charge in [0.05, 0.1) is 12.5 Å². The molecule has 7 heteroatoms. The van der Waals surface area contributed by atoms with Crippen LogP contribution < -0.4 is 4.74 Å². The second kappa shape index (κ2) is 7.84. The molecule has 1 aliphatic carbocycles. The van der Waals surface area contributed by atoms with Gasteiger partial charge in [-0.2, -0.15) is 0 Å². The van der Waals surface area contributed by atoms with Crippen LogP contribution in [-0.4, -0.2) is 79.8 Å². The van der Waals surface area contributed by atoms with Crippen LogP contribution in [0.4, 0.5) is 0 Å². The van der Waals surface area contributed by atoms with Crippen LogP contribution in [0, 0.1) is 16.7 Å². The van der Waals surface area contributed by atoms with E-state index in [1.807, 2.05) is 42.1 Å². The van der Waals surface area contributed by atoms with E-state index in [2.05, 4.69) is 0 Å². The lowest BCUT2D eigenvalue weighted by Gasteiger charge is -2.44. The third kappa shape index (κ3) is 3.48. The van der Waals surface area contributed by atoms with E-state index in [1.54, 1.807) is 25.0 Å². The number of methoxy groups -OCH3 is 1. The van der Waals surface area contributed by atoms with E-state index in [1.165, 1.54) is 0 Å². The molecule has 2 aliphatic heterocycles. The summed E-state index contributed by atoms with van der Waals surface area (Å²) in [6, 6.07) is 7.28. The second-order valence-electron chi connectivity index (χ2n) is 9.69. The second-order valence-corrected chi connectivity index (χ2v) is 9.69. The van der Waals surface area contributed by atoms with Gasteiger partial charge in [0, 0.05) is 52.8 Å². The van der Waals surface area contributed by atoms with Gasteiger partial charge < -0.3 is 19.4 Å². The van der Waals surface area contributed by atoms with Crippen molar-refractivity contribution in [2.24, 2.45) is 16.7 Å². The van der Waals surface area contributed by atoms with Crippen LogP contribution in [0.15, 0.2) is 24.3 Å². The van der Waals surface area contributed by atoms with E-state index >= 15 is 0 Å². The molecule has 1 aromatic rings. The van der Waals surface area contributed by atoms with Gasteiger partial charge in [-0.25, -0.2) is 0 Å². The summed E-state index contributed by atoms with van der Waals surface area (Å²) >= 11 is 0. The topological polar surface area (TPSA) is 70.2 Å². The maximum atomic E-state index is 13.3. The van der Waals surface area contributed by atoms with Crippen molar-refractivity contribution in [3.63, 3.8) is 0 Å². The molecule has 2 atom stereocenters. The Morgan fingerprint density at radius 3 is 2.39 bits per heavy atom. The van der Waals surface area contributed by atoms with Crippen LogP contribution in [0.1, 0.15) is 43.0 Å². The van der Waals surface area contributed by atoms with Crippen molar-refractivity contribution in [1.29, 1.82) is 0 Å². The molecule has 3 amide bonds. The average molecular weight is 428 g/mol. The molecular formula is C24H33N3O4. The predicted molar refractivity (Wildman–Crippen MR) is 117 cm³/mol. The Kier molecular flexibility index (Phi) is 5.48. The van der Waals surface area contributed by atoms with Crippen molar-refractivity contribution >= 4 is 17.7 Å². The average Bonchev–Trinajstić information content (AvgIpc) is 3.31. The lowest BCUT2D eigenvalue weighted by atomic mass is 9.65. The number of rotatable bonds is 3. The van der Waals surface area contributed by atoms with Gasteiger partial charge in [-0.3, -0.25) is 14.4 Å². The van der Waals surface area contributed by atoms with Gasteiger partial charge in [0.25, 0.3) is 5.91 Å². The third-order valence-corrected chi connectivity index (χ3v) is 7.99. The smallest absolute Gasteiger partial charge is 0.253 e. The Bertz CT molecular complexity index is 891. The van der Waals surface area contributed by atoms with Gasteiger partial charge in [0.1, 0.15) is 5.75 Å². The Morgan fingerprint density at radius 2 is 1.77 bits per heavy atom. The summed E-state index contributed by atoms with van der Waals surface area (Å²) < 4.78 is 5.26. The molecule has 0 N–H and O–H groups in total. The first-order valence-electron chi connectivity index (χ1n) is 11.1. The van der Waals surface area contributed by atoms with Crippen molar-refractivity contribution in [3.05, 3.63) is 29.8 Å². The fraction of sp³-hybridized carbons (Fsp3) is 0.625. The molecule has 1 saturated carbocycles. The molecule has 3 aliphatic rings. The van der Waals surface area contributed by atoms with Gasteiger partial charge in [0.2, 0.25) is 11.8 Å². The largest absolute Gasteiger partial charge is 0.497 e. The van der Waals surface area contributed by atoms with E-state index in [9.17, 15) is 14.4 Å². The molecule has 7 nitrogen and oxygen atoms in total. The molecule has 0 aromatic heterocycles. The number of hydrogen-bond donors (Lipinski definition) is 0. The Balaban J connectivity index is 1.53.